The summed E-state index contributed by atoms with van der Waals surface area (Å²) < 4.78 is 11.0. The van der Waals surface area contributed by atoms with E-state index >= 15 is 0 Å². The summed E-state index contributed by atoms with van der Waals surface area (Å²) in [5.41, 5.74) is -0.190. The van der Waals surface area contributed by atoms with E-state index in [-0.39, 0.29) is 17.6 Å². The van der Waals surface area contributed by atoms with Gasteiger partial charge in [0.15, 0.2) is 5.17 Å². The van der Waals surface area contributed by atoms with Crippen LogP contribution >= 0.6 is 11.8 Å². The number of aliphatic imine (C=N–C) groups is 1. The first-order valence-electron chi connectivity index (χ1n) is 6.90. The lowest BCUT2D eigenvalue weighted by atomic mass is 9.82. The van der Waals surface area contributed by atoms with Crippen molar-refractivity contribution < 1.29 is 19.1 Å². The van der Waals surface area contributed by atoms with Gasteiger partial charge in [-0.3, -0.25) is 4.99 Å². The second-order valence-electron chi connectivity index (χ2n) is 4.98. The summed E-state index contributed by atoms with van der Waals surface area (Å²) in [5.74, 6) is -0.856. The summed E-state index contributed by atoms with van der Waals surface area (Å²) in [6.45, 7) is 1.78. The van der Waals surface area contributed by atoms with Gasteiger partial charge in [-0.2, -0.15) is 0 Å². The van der Waals surface area contributed by atoms with Crippen molar-refractivity contribution in [2.75, 3.05) is 33.9 Å². The summed E-state index contributed by atoms with van der Waals surface area (Å²) in [7, 11) is 3.32. The zero-order valence-electron chi connectivity index (χ0n) is 12.2. The van der Waals surface area contributed by atoms with E-state index in [1.54, 1.807) is 14.2 Å². The lowest BCUT2D eigenvalue weighted by molar-refractivity contribution is -0.138. The molecule has 2 aliphatic rings. The van der Waals surface area contributed by atoms with Crippen molar-refractivity contribution in [3.8, 4) is 0 Å². The van der Waals surface area contributed by atoms with Crippen LogP contribution in [0.1, 0.15) is 0 Å². The lowest BCUT2D eigenvalue weighted by Gasteiger charge is -2.39. The van der Waals surface area contributed by atoms with E-state index in [0.717, 1.165) is 17.7 Å². The van der Waals surface area contributed by atoms with Crippen LogP contribution in [0.4, 0.5) is 0 Å². The predicted molar refractivity (Wildman–Crippen MR) is 80.4 cm³/mol. The molecule has 2 heterocycles. The predicted octanol–water partition coefficient (Wildman–Crippen LogP) is -0.732. The van der Waals surface area contributed by atoms with Gasteiger partial charge >= 0.3 is 0 Å². The number of nitrogens with one attached hydrogen (secondary N) is 2. The van der Waals surface area contributed by atoms with Gasteiger partial charge in [0.25, 0.3) is 0 Å². The maximum absolute atomic E-state index is 11.4. The van der Waals surface area contributed by atoms with E-state index in [4.69, 9.17) is 9.47 Å². The largest absolute Gasteiger partial charge is 0.383 e. The Labute approximate surface area is 128 Å². The highest BCUT2D eigenvalue weighted by Gasteiger charge is 2.49. The highest BCUT2D eigenvalue weighted by Crippen LogP contribution is 2.38. The van der Waals surface area contributed by atoms with Gasteiger partial charge in [0.1, 0.15) is 18.0 Å². The Kier molecular flexibility index (Phi) is 6.16. The van der Waals surface area contributed by atoms with Crippen LogP contribution in [0.25, 0.3) is 0 Å². The minimum atomic E-state index is -0.455. The van der Waals surface area contributed by atoms with Crippen LogP contribution in [0.3, 0.4) is 0 Å². The molecule has 0 aromatic rings. The third-order valence-electron chi connectivity index (χ3n) is 3.75. The highest BCUT2D eigenvalue weighted by molar-refractivity contribution is 8.14. The molecule has 7 nitrogen and oxygen atoms in total. The molecule has 0 amide bonds. The standard InChI is InChI=1S/C13H21N3O4S/c1-14-13-16-11-9(7-18)8(6-17)10(20-12(11)21-13)5-15-3-4-19-2/h6-12,15H,3-5H2,1-2H3,(H,14,16)/t8-,9+,10-,11+,12+/m0/s1. The van der Waals surface area contributed by atoms with Gasteiger partial charge in [0.05, 0.1) is 30.6 Å². The first kappa shape index (κ1) is 16.4. The second kappa shape index (κ2) is 7.88. The number of nitrogens with zero attached hydrogens (tertiary/aromatic N) is 1. The summed E-state index contributed by atoms with van der Waals surface area (Å²) in [5, 5.41) is 7.09. The van der Waals surface area contributed by atoms with Crippen molar-refractivity contribution in [2.45, 2.75) is 17.6 Å². The van der Waals surface area contributed by atoms with Gasteiger partial charge in [-0.05, 0) is 0 Å². The molecule has 0 spiro atoms. The zero-order valence-corrected chi connectivity index (χ0v) is 13.0. The number of rotatable bonds is 7. The lowest BCUT2D eigenvalue weighted by Crippen LogP contribution is -2.56. The molecular weight excluding hydrogens is 294 g/mol. The van der Waals surface area contributed by atoms with E-state index in [1.807, 2.05) is 0 Å². The quantitative estimate of drug-likeness (QED) is 0.473. The summed E-state index contributed by atoms with van der Waals surface area (Å²) in [4.78, 5) is 27.0. The molecule has 0 unspecified atom stereocenters. The fourth-order valence-electron chi connectivity index (χ4n) is 2.64. The van der Waals surface area contributed by atoms with Crippen molar-refractivity contribution in [1.82, 2.24) is 10.6 Å². The molecule has 0 radical (unpaired) electrons. The summed E-state index contributed by atoms with van der Waals surface area (Å²) in [6, 6.07) is -0.198. The van der Waals surface area contributed by atoms with E-state index in [9.17, 15) is 9.59 Å². The second-order valence-corrected chi connectivity index (χ2v) is 6.07. The SMILES string of the molecule is CN=C1N[C@@H]2[C@H](C=O)[C@H](C=O)[C@H](CNCCOC)O[C@@H]2S1. The van der Waals surface area contributed by atoms with Gasteiger partial charge in [-0.25, -0.2) is 0 Å². The molecule has 5 atom stereocenters. The minimum Gasteiger partial charge on any atom is -0.383 e. The van der Waals surface area contributed by atoms with E-state index < -0.39 is 11.8 Å². The molecule has 2 fully saturated rings. The number of aldehydes is 2. The Bertz CT molecular complexity index is 407. The third kappa shape index (κ3) is 3.63. The number of amidine groups is 1. The average molecular weight is 315 g/mol. The number of carbonyl (C=O) groups excluding carboxylic acids is 2. The maximum Gasteiger partial charge on any atom is 0.159 e. The molecule has 2 aliphatic heterocycles. The van der Waals surface area contributed by atoms with Crippen molar-refractivity contribution >= 4 is 29.5 Å². The van der Waals surface area contributed by atoms with Crippen molar-refractivity contribution in [1.29, 1.82) is 0 Å². The van der Waals surface area contributed by atoms with Crippen molar-refractivity contribution in [2.24, 2.45) is 16.8 Å². The molecule has 0 aromatic heterocycles. The first-order valence-corrected chi connectivity index (χ1v) is 7.78. The van der Waals surface area contributed by atoms with Crippen LogP contribution in [0.15, 0.2) is 4.99 Å². The van der Waals surface area contributed by atoms with Gasteiger partial charge in [-0.15, -0.1) is 0 Å². The Morgan fingerprint density at radius 1 is 1.43 bits per heavy atom. The van der Waals surface area contributed by atoms with Gasteiger partial charge in [-0.1, -0.05) is 11.8 Å². The van der Waals surface area contributed by atoms with E-state index in [2.05, 4.69) is 15.6 Å². The minimum absolute atomic E-state index is 0.190. The molecule has 0 aromatic carbocycles. The molecule has 0 aliphatic carbocycles. The van der Waals surface area contributed by atoms with Crippen LogP contribution in [-0.2, 0) is 19.1 Å². The van der Waals surface area contributed by atoms with Crippen LogP contribution in [0.2, 0.25) is 0 Å². The topological polar surface area (TPSA) is 89.0 Å². The molecule has 118 valence electrons. The molecule has 8 heteroatoms. The zero-order chi connectivity index (χ0) is 15.2. The normalized spacial score (nSPS) is 37.0. The van der Waals surface area contributed by atoms with Gasteiger partial charge in [0, 0.05) is 27.2 Å². The molecule has 21 heavy (non-hydrogen) atoms. The van der Waals surface area contributed by atoms with Gasteiger partial charge in [0.2, 0.25) is 0 Å². The maximum atomic E-state index is 11.4. The Morgan fingerprint density at radius 2 is 2.19 bits per heavy atom. The molecule has 0 bridgehead atoms. The highest BCUT2D eigenvalue weighted by atomic mass is 32.2. The summed E-state index contributed by atoms with van der Waals surface area (Å²) in [6.07, 6.45) is 1.36. The van der Waals surface area contributed by atoms with Crippen LogP contribution < -0.4 is 10.6 Å². The van der Waals surface area contributed by atoms with E-state index in [0.29, 0.717) is 19.7 Å². The monoisotopic (exact) mass is 315 g/mol. The number of ether oxygens (including phenoxy) is 2. The smallest absolute Gasteiger partial charge is 0.159 e. The number of fused-ring (bicyclic) bond motifs is 1. The average Bonchev–Trinajstić information content (AvgIpc) is 2.92. The fraction of sp³-hybridized carbons (Fsp3) is 0.769. The molecular formula is C13H21N3O4S. The third-order valence-corrected chi connectivity index (χ3v) is 4.91. The number of hydrogen-bond acceptors (Lipinski definition) is 7. The number of hydrogen-bond donors (Lipinski definition) is 2. The number of methoxy groups -OCH3 is 1. The Balaban J connectivity index is 2.04. The summed E-state index contributed by atoms with van der Waals surface area (Å²) >= 11 is 1.46. The molecule has 2 N–H and O–H groups in total. The first-order chi connectivity index (χ1) is 10.2. The Hall–Kier alpha value is -0.960. The molecule has 2 saturated heterocycles. The van der Waals surface area contributed by atoms with Crippen LogP contribution in [-0.4, -0.2) is 69.2 Å². The molecule has 2 rings (SSSR count). The van der Waals surface area contributed by atoms with Gasteiger partial charge < -0.3 is 29.7 Å². The van der Waals surface area contributed by atoms with Crippen LogP contribution in [0.5, 0.6) is 0 Å². The number of carbonyl (C=O) groups is 2. The van der Waals surface area contributed by atoms with Crippen molar-refractivity contribution in [3.63, 3.8) is 0 Å². The molecule has 0 saturated carbocycles. The Morgan fingerprint density at radius 3 is 2.81 bits per heavy atom. The fourth-order valence-corrected chi connectivity index (χ4v) is 3.77. The van der Waals surface area contributed by atoms with E-state index in [1.165, 1.54) is 11.8 Å². The van der Waals surface area contributed by atoms with Crippen molar-refractivity contribution in [3.05, 3.63) is 0 Å². The van der Waals surface area contributed by atoms with Crippen LogP contribution in [0, 0.1) is 11.8 Å². The number of thioether (sulfide) groups is 1.